The van der Waals surface area contributed by atoms with Gasteiger partial charge < -0.3 is 9.90 Å². The normalized spacial score (nSPS) is 23.0. The van der Waals surface area contributed by atoms with E-state index in [1.807, 2.05) is 0 Å². The molecule has 1 saturated carbocycles. The number of carbonyl (C=O) groups excluding carboxylic acids is 1. The van der Waals surface area contributed by atoms with Crippen molar-refractivity contribution in [3.05, 3.63) is 0 Å². The number of aliphatic hydroxyl groups excluding tert-OH is 1. The Kier molecular flexibility index (Phi) is 3.57. The Balaban J connectivity index is 2.18. The van der Waals surface area contributed by atoms with Gasteiger partial charge in [-0.2, -0.15) is 0 Å². The SMILES string of the molecule is O=CC(O)CC1CCCCC1. The maximum absolute atomic E-state index is 10.1. The lowest BCUT2D eigenvalue weighted by molar-refractivity contribution is -0.115. The van der Waals surface area contributed by atoms with Crippen LogP contribution in [-0.4, -0.2) is 17.5 Å². The highest BCUT2D eigenvalue weighted by Gasteiger charge is 2.16. The first kappa shape index (κ1) is 8.72. The molecule has 0 radical (unpaired) electrons. The molecule has 0 aliphatic heterocycles. The van der Waals surface area contributed by atoms with Crippen LogP contribution in [0.2, 0.25) is 0 Å². The smallest absolute Gasteiger partial charge is 0.148 e. The zero-order valence-corrected chi connectivity index (χ0v) is 6.83. The summed E-state index contributed by atoms with van der Waals surface area (Å²) in [6.45, 7) is 0. The number of rotatable bonds is 3. The summed E-state index contributed by atoms with van der Waals surface area (Å²) in [6.07, 6.45) is 6.90. The number of hydrogen-bond acceptors (Lipinski definition) is 2. The van der Waals surface area contributed by atoms with Gasteiger partial charge in [-0.3, -0.25) is 0 Å². The zero-order valence-electron chi connectivity index (χ0n) is 6.83. The van der Waals surface area contributed by atoms with Crippen molar-refractivity contribution in [2.45, 2.75) is 44.6 Å². The largest absolute Gasteiger partial charge is 0.386 e. The lowest BCUT2D eigenvalue weighted by Gasteiger charge is -2.21. The van der Waals surface area contributed by atoms with E-state index in [0.29, 0.717) is 18.6 Å². The molecule has 0 aromatic heterocycles. The molecular weight excluding hydrogens is 140 g/mol. The third kappa shape index (κ3) is 3.02. The van der Waals surface area contributed by atoms with Crippen LogP contribution in [0.25, 0.3) is 0 Å². The van der Waals surface area contributed by atoms with Gasteiger partial charge in [0.1, 0.15) is 12.4 Å². The first-order valence-electron chi connectivity index (χ1n) is 4.46. The number of hydrogen-bond donors (Lipinski definition) is 1. The molecule has 1 rings (SSSR count). The van der Waals surface area contributed by atoms with Crippen molar-refractivity contribution in [2.24, 2.45) is 5.92 Å². The van der Waals surface area contributed by atoms with Gasteiger partial charge in [0.25, 0.3) is 0 Å². The summed E-state index contributed by atoms with van der Waals surface area (Å²) in [4.78, 5) is 10.1. The van der Waals surface area contributed by atoms with Crippen molar-refractivity contribution < 1.29 is 9.90 Å². The molecule has 1 fully saturated rings. The van der Waals surface area contributed by atoms with Crippen LogP contribution in [0.5, 0.6) is 0 Å². The van der Waals surface area contributed by atoms with Crippen molar-refractivity contribution in [1.82, 2.24) is 0 Å². The highest BCUT2D eigenvalue weighted by atomic mass is 16.3. The second-order valence-electron chi connectivity index (χ2n) is 3.44. The van der Waals surface area contributed by atoms with Gasteiger partial charge in [0, 0.05) is 0 Å². The Morgan fingerprint density at radius 1 is 1.36 bits per heavy atom. The van der Waals surface area contributed by atoms with Crippen molar-refractivity contribution in [3.63, 3.8) is 0 Å². The maximum Gasteiger partial charge on any atom is 0.148 e. The lowest BCUT2D eigenvalue weighted by Crippen LogP contribution is -2.16. The van der Waals surface area contributed by atoms with Crippen molar-refractivity contribution in [2.75, 3.05) is 0 Å². The third-order valence-corrected chi connectivity index (χ3v) is 2.46. The molecule has 2 nitrogen and oxygen atoms in total. The quantitative estimate of drug-likeness (QED) is 0.629. The molecule has 1 atom stereocenters. The zero-order chi connectivity index (χ0) is 8.10. The number of aldehydes is 1. The van der Waals surface area contributed by atoms with Crippen molar-refractivity contribution >= 4 is 6.29 Å². The summed E-state index contributed by atoms with van der Waals surface area (Å²) >= 11 is 0. The summed E-state index contributed by atoms with van der Waals surface area (Å²) < 4.78 is 0. The first-order chi connectivity index (χ1) is 5.33. The maximum atomic E-state index is 10.1. The summed E-state index contributed by atoms with van der Waals surface area (Å²) in [7, 11) is 0. The van der Waals surface area contributed by atoms with Gasteiger partial charge in [-0.05, 0) is 12.3 Å². The van der Waals surface area contributed by atoms with E-state index in [-0.39, 0.29) is 0 Å². The lowest BCUT2D eigenvalue weighted by atomic mass is 9.86. The number of carbonyl (C=O) groups is 1. The van der Waals surface area contributed by atoms with E-state index in [2.05, 4.69) is 0 Å². The van der Waals surface area contributed by atoms with Crippen LogP contribution in [0, 0.1) is 5.92 Å². The summed E-state index contributed by atoms with van der Waals surface area (Å²) in [5.41, 5.74) is 0. The molecule has 0 heterocycles. The molecule has 0 aromatic rings. The topological polar surface area (TPSA) is 37.3 Å². The summed E-state index contributed by atoms with van der Waals surface area (Å²) in [5.74, 6) is 0.601. The average Bonchev–Trinajstić information content (AvgIpc) is 2.06. The summed E-state index contributed by atoms with van der Waals surface area (Å²) in [6, 6.07) is 0. The third-order valence-electron chi connectivity index (χ3n) is 2.46. The summed E-state index contributed by atoms with van der Waals surface area (Å²) in [5, 5.41) is 9.04. The van der Waals surface area contributed by atoms with E-state index >= 15 is 0 Å². The molecule has 1 aliphatic carbocycles. The molecule has 0 spiro atoms. The predicted octanol–water partition coefficient (Wildman–Crippen LogP) is 1.52. The Bertz CT molecular complexity index is 117. The fraction of sp³-hybridized carbons (Fsp3) is 0.889. The van der Waals surface area contributed by atoms with E-state index in [9.17, 15) is 4.79 Å². The second kappa shape index (κ2) is 4.50. The van der Waals surface area contributed by atoms with Crippen molar-refractivity contribution in [3.8, 4) is 0 Å². The van der Waals surface area contributed by atoms with E-state index in [1.165, 1.54) is 32.1 Å². The Morgan fingerprint density at radius 3 is 2.55 bits per heavy atom. The van der Waals surface area contributed by atoms with Crippen LogP contribution in [-0.2, 0) is 4.79 Å². The molecule has 1 aliphatic rings. The van der Waals surface area contributed by atoms with E-state index in [0.717, 1.165) is 0 Å². The van der Waals surface area contributed by atoms with Crippen LogP contribution in [0.4, 0.5) is 0 Å². The van der Waals surface area contributed by atoms with Gasteiger partial charge in [0.15, 0.2) is 0 Å². The molecular formula is C9H16O2. The fourth-order valence-corrected chi connectivity index (χ4v) is 1.82. The van der Waals surface area contributed by atoms with Crippen LogP contribution >= 0.6 is 0 Å². The monoisotopic (exact) mass is 156 g/mol. The Morgan fingerprint density at radius 2 is 2.00 bits per heavy atom. The molecule has 1 N–H and O–H groups in total. The fourth-order valence-electron chi connectivity index (χ4n) is 1.82. The highest BCUT2D eigenvalue weighted by molar-refractivity contribution is 5.55. The van der Waals surface area contributed by atoms with Crippen LogP contribution in [0.3, 0.4) is 0 Å². The molecule has 0 saturated heterocycles. The van der Waals surface area contributed by atoms with Crippen LogP contribution in [0.1, 0.15) is 38.5 Å². The number of aliphatic hydroxyl groups is 1. The van der Waals surface area contributed by atoms with Gasteiger partial charge in [0.05, 0.1) is 0 Å². The standard InChI is InChI=1S/C9H16O2/c10-7-9(11)6-8-4-2-1-3-5-8/h7-9,11H,1-6H2. The molecule has 0 aromatic carbocycles. The van der Waals surface area contributed by atoms with E-state index in [1.54, 1.807) is 0 Å². The van der Waals surface area contributed by atoms with E-state index in [4.69, 9.17) is 5.11 Å². The highest BCUT2D eigenvalue weighted by Crippen LogP contribution is 2.26. The average molecular weight is 156 g/mol. The Hall–Kier alpha value is -0.370. The Labute approximate surface area is 67.6 Å². The van der Waals surface area contributed by atoms with E-state index < -0.39 is 6.10 Å². The van der Waals surface area contributed by atoms with Crippen LogP contribution < -0.4 is 0 Å². The molecule has 11 heavy (non-hydrogen) atoms. The molecule has 1 unspecified atom stereocenters. The molecule has 0 amide bonds. The molecule has 2 heteroatoms. The van der Waals surface area contributed by atoms with Gasteiger partial charge in [0.2, 0.25) is 0 Å². The molecule has 0 bridgehead atoms. The second-order valence-corrected chi connectivity index (χ2v) is 3.44. The van der Waals surface area contributed by atoms with Gasteiger partial charge >= 0.3 is 0 Å². The predicted molar refractivity (Wildman–Crippen MR) is 43.3 cm³/mol. The van der Waals surface area contributed by atoms with Gasteiger partial charge in [-0.15, -0.1) is 0 Å². The minimum atomic E-state index is -0.710. The first-order valence-corrected chi connectivity index (χ1v) is 4.46. The van der Waals surface area contributed by atoms with Crippen molar-refractivity contribution in [1.29, 1.82) is 0 Å². The minimum Gasteiger partial charge on any atom is -0.386 e. The van der Waals surface area contributed by atoms with Gasteiger partial charge in [-0.25, -0.2) is 0 Å². The van der Waals surface area contributed by atoms with Crippen LogP contribution in [0.15, 0.2) is 0 Å². The minimum absolute atomic E-state index is 0.601. The van der Waals surface area contributed by atoms with Gasteiger partial charge in [-0.1, -0.05) is 32.1 Å². The molecule has 64 valence electrons.